The second kappa shape index (κ2) is 9.62. The Hall–Kier alpha value is -4.39. The van der Waals surface area contributed by atoms with Crippen LogP contribution in [-0.4, -0.2) is 33.4 Å². The Morgan fingerprint density at radius 3 is 2.65 bits per heavy atom. The first-order valence-corrected chi connectivity index (χ1v) is 10.8. The highest BCUT2D eigenvalue weighted by Gasteiger charge is 2.44. The average Bonchev–Trinajstić information content (AvgIpc) is 3.48. The van der Waals surface area contributed by atoms with Crippen molar-refractivity contribution in [2.24, 2.45) is 11.8 Å². The number of nitrogens with zero attached hydrogens (tertiary/aromatic N) is 3. The van der Waals surface area contributed by atoms with E-state index in [0.29, 0.717) is 11.4 Å². The lowest BCUT2D eigenvalue weighted by atomic mass is 10.1. The number of aromatic nitrogens is 2. The minimum absolute atomic E-state index is 0.00791. The molecule has 1 aliphatic rings. The molecule has 1 saturated carbocycles. The summed E-state index contributed by atoms with van der Waals surface area (Å²) in [6, 6.07) is 14.7. The van der Waals surface area contributed by atoms with Crippen molar-refractivity contribution in [3.8, 4) is 17.2 Å². The maximum atomic E-state index is 12.4. The smallest absolute Gasteiger partial charge is 0.414 e. The van der Waals surface area contributed by atoms with Gasteiger partial charge in [-0.25, -0.2) is 9.78 Å². The molecule has 0 radical (unpaired) electrons. The number of hydrogen-bond donors (Lipinski definition) is 3. The molecule has 1 fully saturated rings. The van der Waals surface area contributed by atoms with Crippen LogP contribution >= 0.6 is 0 Å². The number of carboxylic acids is 1. The Morgan fingerprint density at radius 1 is 1.24 bits per heavy atom. The first kappa shape index (κ1) is 22.8. The number of anilines is 2. The van der Waals surface area contributed by atoms with Gasteiger partial charge in [0.15, 0.2) is 5.69 Å². The molecule has 10 nitrogen and oxygen atoms in total. The molecule has 10 heteroatoms. The summed E-state index contributed by atoms with van der Waals surface area (Å²) in [5.41, 5.74) is 1.62. The molecule has 1 aromatic carbocycles. The van der Waals surface area contributed by atoms with Crippen LogP contribution < -0.4 is 10.6 Å². The van der Waals surface area contributed by atoms with E-state index in [-0.39, 0.29) is 29.1 Å². The fourth-order valence-electron chi connectivity index (χ4n) is 3.73. The largest absolute Gasteiger partial charge is 0.481 e. The van der Waals surface area contributed by atoms with Gasteiger partial charge in [0.1, 0.15) is 18.0 Å². The number of pyridine rings is 1. The standard InChI is InChI=1S/C24H23N5O5/c1-13(23(30)31)17-10-18(17)27-20-9-8-16(12-26-20)21-19(11-25)29-34-22(21)28-24(32)33-14(2)15-6-4-3-5-7-15/h3-9,12-14,17-18H,10H2,1-2H3,(H,26,27)(H,28,32)(H,30,31). The van der Waals surface area contributed by atoms with Gasteiger partial charge in [0.25, 0.3) is 0 Å². The van der Waals surface area contributed by atoms with E-state index in [0.717, 1.165) is 12.0 Å². The third-order valence-corrected chi connectivity index (χ3v) is 5.82. The van der Waals surface area contributed by atoms with E-state index in [1.54, 1.807) is 26.0 Å². The number of ether oxygens (including phenoxy) is 1. The topological polar surface area (TPSA) is 150 Å². The van der Waals surface area contributed by atoms with Crippen molar-refractivity contribution in [3.63, 3.8) is 0 Å². The summed E-state index contributed by atoms with van der Waals surface area (Å²) in [5.74, 6) is -0.630. The van der Waals surface area contributed by atoms with Gasteiger partial charge in [0.05, 0.1) is 11.5 Å². The van der Waals surface area contributed by atoms with Crippen molar-refractivity contribution in [2.45, 2.75) is 32.4 Å². The molecule has 2 heterocycles. The number of rotatable bonds is 8. The van der Waals surface area contributed by atoms with Gasteiger partial charge in [0, 0.05) is 17.8 Å². The summed E-state index contributed by atoms with van der Waals surface area (Å²) < 4.78 is 10.6. The Morgan fingerprint density at radius 2 is 2.00 bits per heavy atom. The van der Waals surface area contributed by atoms with Crippen LogP contribution in [0.25, 0.3) is 11.1 Å². The van der Waals surface area contributed by atoms with Gasteiger partial charge in [-0.1, -0.05) is 42.4 Å². The number of nitriles is 1. The van der Waals surface area contributed by atoms with E-state index in [9.17, 15) is 14.9 Å². The Balaban J connectivity index is 1.44. The first-order chi connectivity index (χ1) is 16.4. The Bertz CT molecular complexity index is 1220. The summed E-state index contributed by atoms with van der Waals surface area (Å²) in [4.78, 5) is 27.9. The van der Waals surface area contributed by atoms with E-state index in [2.05, 4.69) is 20.8 Å². The number of carbonyl (C=O) groups is 2. The summed E-state index contributed by atoms with van der Waals surface area (Å²) in [5, 5.41) is 28.0. The van der Waals surface area contributed by atoms with Gasteiger partial charge in [-0.15, -0.1) is 0 Å². The molecular formula is C24H23N5O5. The number of nitrogens with one attached hydrogen (secondary N) is 2. The second-order valence-corrected chi connectivity index (χ2v) is 8.14. The zero-order chi connectivity index (χ0) is 24.2. The highest BCUT2D eigenvalue weighted by molar-refractivity contribution is 5.90. The lowest BCUT2D eigenvalue weighted by molar-refractivity contribution is -0.141. The highest BCUT2D eigenvalue weighted by Crippen LogP contribution is 2.40. The third-order valence-electron chi connectivity index (χ3n) is 5.82. The maximum absolute atomic E-state index is 12.4. The van der Waals surface area contributed by atoms with E-state index in [1.165, 1.54) is 6.20 Å². The molecule has 0 spiro atoms. The molecule has 34 heavy (non-hydrogen) atoms. The SMILES string of the molecule is CC(OC(=O)Nc1onc(C#N)c1-c1ccc(NC2CC2C(C)C(=O)O)nc1)c1ccccc1. The van der Waals surface area contributed by atoms with Crippen LogP contribution in [0.5, 0.6) is 0 Å². The normalized spacial score (nSPS) is 18.3. The zero-order valence-electron chi connectivity index (χ0n) is 18.6. The van der Waals surface area contributed by atoms with Gasteiger partial charge in [-0.05, 0) is 37.0 Å². The lowest BCUT2D eigenvalue weighted by Gasteiger charge is -2.13. The van der Waals surface area contributed by atoms with E-state index in [4.69, 9.17) is 14.4 Å². The van der Waals surface area contributed by atoms with E-state index < -0.39 is 24.1 Å². The molecule has 0 bridgehead atoms. The molecule has 4 atom stereocenters. The number of benzene rings is 1. The molecular weight excluding hydrogens is 438 g/mol. The Kier molecular flexibility index (Phi) is 6.45. The van der Waals surface area contributed by atoms with Crippen LogP contribution in [0.2, 0.25) is 0 Å². The van der Waals surface area contributed by atoms with Crippen LogP contribution in [-0.2, 0) is 9.53 Å². The molecule has 2 aromatic heterocycles. The third kappa shape index (κ3) is 4.99. The van der Waals surface area contributed by atoms with Gasteiger partial charge in [0.2, 0.25) is 5.88 Å². The van der Waals surface area contributed by atoms with Crippen molar-refractivity contribution in [2.75, 3.05) is 10.6 Å². The summed E-state index contributed by atoms with van der Waals surface area (Å²) in [6.07, 6.45) is 1.04. The number of carbonyl (C=O) groups excluding carboxylic acids is 1. The van der Waals surface area contributed by atoms with Crippen molar-refractivity contribution in [1.82, 2.24) is 10.1 Å². The van der Waals surface area contributed by atoms with Crippen molar-refractivity contribution >= 4 is 23.8 Å². The molecule has 3 aromatic rings. The van der Waals surface area contributed by atoms with Crippen molar-refractivity contribution in [3.05, 3.63) is 59.9 Å². The van der Waals surface area contributed by atoms with Crippen LogP contribution in [0.15, 0.2) is 53.2 Å². The van der Waals surface area contributed by atoms with Crippen LogP contribution in [0.4, 0.5) is 16.5 Å². The molecule has 4 unspecified atom stereocenters. The van der Waals surface area contributed by atoms with E-state index >= 15 is 0 Å². The maximum Gasteiger partial charge on any atom is 0.414 e. The van der Waals surface area contributed by atoms with Crippen LogP contribution in [0, 0.1) is 23.2 Å². The second-order valence-electron chi connectivity index (χ2n) is 8.14. The highest BCUT2D eigenvalue weighted by atomic mass is 16.6. The van der Waals surface area contributed by atoms with Crippen molar-refractivity contribution in [1.29, 1.82) is 5.26 Å². The van der Waals surface area contributed by atoms with Crippen LogP contribution in [0.3, 0.4) is 0 Å². The molecule has 174 valence electrons. The van der Waals surface area contributed by atoms with Gasteiger partial charge >= 0.3 is 12.1 Å². The molecule has 4 rings (SSSR count). The van der Waals surface area contributed by atoms with Crippen LogP contribution in [0.1, 0.15) is 37.6 Å². The molecule has 0 saturated heterocycles. The minimum Gasteiger partial charge on any atom is -0.481 e. The van der Waals surface area contributed by atoms with Gasteiger partial charge < -0.3 is 19.7 Å². The number of carboxylic acid groups (broad SMARTS) is 1. The molecule has 1 aliphatic carbocycles. The van der Waals surface area contributed by atoms with E-state index in [1.807, 2.05) is 36.4 Å². The predicted molar refractivity (Wildman–Crippen MR) is 122 cm³/mol. The predicted octanol–water partition coefficient (Wildman–Crippen LogP) is 4.44. The molecule has 3 N–H and O–H groups in total. The Labute approximate surface area is 195 Å². The number of hydrogen-bond acceptors (Lipinski definition) is 8. The molecule has 1 amide bonds. The number of aliphatic carboxylic acids is 1. The minimum atomic E-state index is -0.814. The summed E-state index contributed by atoms with van der Waals surface area (Å²) in [7, 11) is 0. The first-order valence-electron chi connectivity index (χ1n) is 10.8. The fraction of sp³-hybridized carbons (Fsp3) is 0.292. The summed E-state index contributed by atoms with van der Waals surface area (Å²) >= 11 is 0. The monoisotopic (exact) mass is 461 g/mol. The van der Waals surface area contributed by atoms with Gasteiger partial charge in [-0.3, -0.25) is 10.1 Å². The average molecular weight is 461 g/mol. The fourth-order valence-corrected chi connectivity index (χ4v) is 3.73. The lowest BCUT2D eigenvalue weighted by Crippen LogP contribution is -2.17. The van der Waals surface area contributed by atoms with Crippen molar-refractivity contribution < 1.29 is 24.0 Å². The number of amides is 1. The molecule has 0 aliphatic heterocycles. The van der Waals surface area contributed by atoms with Gasteiger partial charge in [-0.2, -0.15) is 5.26 Å². The quantitative estimate of drug-likeness (QED) is 0.442. The summed E-state index contributed by atoms with van der Waals surface area (Å²) in [6.45, 7) is 3.44. The zero-order valence-corrected chi connectivity index (χ0v) is 18.6.